The molecule has 0 spiro atoms. The Morgan fingerprint density at radius 2 is 1.83 bits per heavy atom. The Balaban J connectivity index is 2.53. The molecule has 0 unspecified atom stereocenters. The highest BCUT2D eigenvalue weighted by molar-refractivity contribution is 5.97. The maximum Gasteiger partial charge on any atom is 0.263 e. The van der Waals surface area contributed by atoms with Gasteiger partial charge < -0.3 is 15.0 Å². The topological polar surface area (TPSA) is 68.6 Å². The van der Waals surface area contributed by atoms with Crippen LogP contribution in [0.25, 0.3) is 0 Å². The zero-order valence-electron chi connectivity index (χ0n) is 15.5. The molecular weight excluding hydrogens is 304 g/mol. The number of morpholine rings is 1. The van der Waals surface area contributed by atoms with Crippen LogP contribution in [-0.2, 0) is 9.53 Å². The Hall–Kier alpha value is -1.58. The number of hydrogen-bond acceptors (Lipinski definition) is 5. The van der Waals surface area contributed by atoms with Gasteiger partial charge in [0.2, 0.25) is 0 Å². The number of carbonyl (C=O) groups is 1. The summed E-state index contributed by atoms with van der Waals surface area (Å²) in [5, 5.41) is 12.2. The van der Waals surface area contributed by atoms with Crippen molar-refractivity contribution in [1.82, 2.24) is 15.1 Å². The molecule has 1 aliphatic heterocycles. The van der Waals surface area contributed by atoms with Gasteiger partial charge in [-0.25, -0.2) is 0 Å². The number of hydrogen-bond donors (Lipinski definition) is 1. The third kappa shape index (κ3) is 8.32. The molecule has 0 atom stereocenters. The summed E-state index contributed by atoms with van der Waals surface area (Å²) in [6.07, 6.45) is 1.71. The highest BCUT2D eigenvalue weighted by Crippen LogP contribution is 2.07. The normalized spacial score (nSPS) is 16.3. The molecular formula is C18H32N4O2. The average Bonchev–Trinajstić information content (AvgIpc) is 2.52. The van der Waals surface area contributed by atoms with Crippen LogP contribution < -0.4 is 5.32 Å². The summed E-state index contributed by atoms with van der Waals surface area (Å²) in [6.45, 7) is 14.8. The third-order valence-electron chi connectivity index (χ3n) is 3.69. The maximum absolute atomic E-state index is 12.3. The molecule has 24 heavy (non-hydrogen) atoms. The quantitative estimate of drug-likeness (QED) is 0.510. The van der Waals surface area contributed by atoms with Crippen molar-refractivity contribution in [2.75, 3.05) is 52.5 Å². The molecule has 0 aromatic rings. The molecule has 1 fully saturated rings. The van der Waals surface area contributed by atoms with Gasteiger partial charge in [-0.15, -0.1) is 0 Å². The molecule has 1 N–H and O–H groups in total. The van der Waals surface area contributed by atoms with Gasteiger partial charge in [0.05, 0.1) is 13.2 Å². The lowest BCUT2D eigenvalue weighted by atomic mass is 10.1. The van der Waals surface area contributed by atoms with Gasteiger partial charge in [-0.1, -0.05) is 27.7 Å². The molecule has 6 heteroatoms. The van der Waals surface area contributed by atoms with Gasteiger partial charge in [0.15, 0.2) is 0 Å². The lowest BCUT2D eigenvalue weighted by Gasteiger charge is -2.26. The second-order valence-corrected chi connectivity index (χ2v) is 7.11. The molecule has 0 saturated carbocycles. The Morgan fingerprint density at radius 3 is 2.33 bits per heavy atom. The number of carbonyl (C=O) groups excluding carboxylic acids is 1. The third-order valence-corrected chi connectivity index (χ3v) is 3.69. The minimum Gasteiger partial charge on any atom is -0.379 e. The molecule has 136 valence electrons. The van der Waals surface area contributed by atoms with Crippen LogP contribution >= 0.6 is 0 Å². The lowest BCUT2D eigenvalue weighted by Crippen LogP contribution is -2.41. The van der Waals surface area contributed by atoms with Crippen molar-refractivity contribution in [3.63, 3.8) is 0 Å². The van der Waals surface area contributed by atoms with Crippen molar-refractivity contribution in [1.29, 1.82) is 5.26 Å². The monoisotopic (exact) mass is 336 g/mol. The molecule has 1 amide bonds. The molecule has 1 aliphatic rings. The minimum atomic E-state index is -0.289. The molecule has 0 aromatic carbocycles. The van der Waals surface area contributed by atoms with Crippen molar-refractivity contribution >= 4 is 5.91 Å². The lowest BCUT2D eigenvalue weighted by molar-refractivity contribution is -0.117. The Kier molecular flexibility index (Phi) is 9.43. The number of rotatable bonds is 9. The second kappa shape index (κ2) is 11.1. The van der Waals surface area contributed by atoms with E-state index in [0.29, 0.717) is 18.4 Å². The van der Waals surface area contributed by atoms with Crippen LogP contribution in [0.1, 0.15) is 27.7 Å². The molecule has 6 nitrogen and oxygen atoms in total. The van der Waals surface area contributed by atoms with Crippen LogP contribution in [0.4, 0.5) is 0 Å². The van der Waals surface area contributed by atoms with Crippen molar-refractivity contribution in [3.8, 4) is 6.07 Å². The Bertz CT molecular complexity index is 438. The van der Waals surface area contributed by atoms with Crippen molar-refractivity contribution in [2.24, 2.45) is 11.8 Å². The van der Waals surface area contributed by atoms with E-state index >= 15 is 0 Å². The van der Waals surface area contributed by atoms with E-state index in [1.807, 2.05) is 6.07 Å². The first-order chi connectivity index (χ1) is 11.4. The van der Waals surface area contributed by atoms with Gasteiger partial charge in [-0.05, 0) is 11.8 Å². The van der Waals surface area contributed by atoms with Crippen molar-refractivity contribution in [3.05, 3.63) is 11.8 Å². The van der Waals surface area contributed by atoms with E-state index in [2.05, 4.69) is 42.8 Å². The number of amides is 1. The first-order valence-corrected chi connectivity index (χ1v) is 8.86. The van der Waals surface area contributed by atoms with Gasteiger partial charge in [0, 0.05) is 45.5 Å². The summed E-state index contributed by atoms with van der Waals surface area (Å²) < 4.78 is 5.30. The second-order valence-electron chi connectivity index (χ2n) is 7.11. The van der Waals surface area contributed by atoms with Gasteiger partial charge in [0.25, 0.3) is 5.91 Å². The summed E-state index contributed by atoms with van der Waals surface area (Å²) in [4.78, 5) is 16.6. The fraction of sp³-hybridized carbons (Fsp3) is 0.778. The Labute approximate surface area is 146 Å². The molecule has 1 rings (SSSR count). The van der Waals surface area contributed by atoms with Gasteiger partial charge in [-0.2, -0.15) is 5.26 Å². The number of nitrogens with zero attached hydrogens (tertiary/aromatic N) is 3. The smallest absolute Gasteiger partial charge is 0.263 e. The highest BCUT2D eigenvalue weighted by atomic mass is 16.5. The first-order valence-electron chi connectivity index (χ1n) is 8.86. The Morgan fingerprint density at radius 1 is 1.25 bits per heavy atom. The summed E-state index contributed by atoms with van der Waals surface area (Å²) >= 11 is 0. The number of nitriles is 1. The maximum atomic E-state index is 12.3. The van der Waals surface area contributed by atoms with E-state index in [0.717, 1.165) is 45.9 Å². The fourth-order valence-electron chi connectivity index (χ4n) is 2.69. The van der Waals surface area contributed by atoms with E-state index < -0.39 is 0 Å². The highest BCUT2D eigenvalue weighted by Gasteiger charge is 2.14. The van der Waals surface area contributed by atoms with Crippen molar-refractivity contribution < 1.29 is 9.53 Å². The van der Waals surface area contributed by atoms with E-state index in [-0.39, 0.29) is 11.5 Å². The predicted molar refractivity (Wildman–Crippen MR) is 95.2 cm³/mol. The SMILES string of the molecule is CC(C)CN(/C=C(/C#N)C(=O)NCCN1CCOCC1)CC(C)C. The van der Waals surface area contributed by atoms with Gasteiger partial charge >= 0.3 is 0 Å². The van der Waals surface area contributed by atoms with Gasteiger partial charge in [0.1, 0.15) is 11.6 Å². The molecule has 1 heterocycles. The van der Waals surface area contributed by atoms with E-state index in [1.54, 1.807) is 6.20 Å². The average molecular weight is 336 g/mol. The zero-order valence-corrected chi connectivity index (χ0v) is 15.5. The first kappa shape index (κ1) is 20.5. The van der Waals surface area contributed by atoms with Crippen molar-refractivity contribution in [2.45, 2.75) is 27.7 Å². The van der Waals surface area contributed by atoms with Crippen LogP contribution in [0.15, 0.2) is 11.8 Å². The van der Waals surface area contributed by atoms with E-state index in [9.17, 15) is 10.1 Å². The summed E-state index contributed by atoms with van der Waals surface area (Å²) in [5.74, 6) is 0.664. The van der Waals surface area contributed by atoms with Crippen LogP contribution in [0.3, 0.4) is 0 Å². The largest absolute Gasteiger partial charge is 0.379 e. The number of nitrogens with one attached hydrogen (secondary N) is 1. The molecule has 0 aromatic heterocycles. The van der Waals surface area contributed by atoms with Crippen LogP contribution in [0.5, 0.6) is 0 Å². The van der Waals surface area contributed by atoms with Crippen LogP contribution in [-0.4, -0.2) is 68.2 Å². The standard InChI is InChI=1S/C18H32N4O2/c1-15(2)12-22(13-16(3)4)14-17(11-19)18(23)20-5-6-21-7-9-24-10-8-21/h14-16H,5-10,12-13H2,1-4H3,(H,20,23)/b17-14-. The molecule has 0 bridgehead atoms. The van der Waals surface area contributed by atoms with E-state index in [1.165, 1.54) is 0 Å². The zero-order chi connectivity index (χ0) is 17.9. The summed E-state index contributed by atoms with van der Waals surface area (Å²) in [6, 6.07) is 2.04. The number of ether oxygens (including phenoxy) is 1. The summed E-state index contributed by atoms with van der Waals surface area (Å²) in [7, 11) is 0. The summed E-state index contributed by atoms with van der Waals surface area (Å²) in [5.41, 5.74) is 0.179. The predicted octanol–water partition coefficient (Wildman–Crippen LogP) is 1.46. The van der Waals surface area contributed by atoms with Crippen LogP contribution in [0.2, 0.25) is 0 Å². The fourth-order valence-corrected chi connectivity index (χ4v) is 2.69. The van der Waals surface area contributed by atoms with Gasteiger partial charge in [-0.3, -0.25) is 9.69 Å². The molecule has 0 radical (unpaired) electrons. The van der Waals surface area contributed by atoms with Crippen LogP contribution in [0, 0.1) is 23.2 Å². The molecule has 1 saturated heterocycles. The minimum absolute atomic E-state index is 0.179. The molecule has 0 aliphatic carbocycles. The van der Waals surface area contributed by atoms with E-state index in [4.69, 9.17) is 4.74 Å².